The van der Waals surface area contributed by atoms with Crippen LogP contribution in [0, 0.1) is 17.7 Å². The lowest BCUT2D eigenvalue weighted by molar-refractivity contribution is -0.130. The van der Waals surface area contributed by atoms with Gasteiger partial charge in [0.15, 0.2) is 0 Å². The van der Waals surface area contributed by atoms with Crippen molar-refractivity contribution >= 4 is 12.0 Å². The molecule has 0 radical (unpaired) electrons. The number of amides is 2. The molecule has 1 heterocycles. The maximum absolute atomic E-state index is 13.3. The second-order valence-electron chi connectivity index (χ2n) is 10.8. The third-order valence-corrected chi connectivity index (χ3v) is 8.06. The van der Waals surface area contributed by atoms with Crippen LogP contribution < -0.4 is 5.32 Å². The fraction of sp³-hybridized carbons (Fsp3) is 0.533. The number of rotatable bonds is 8. The van der Waals surface area contributed by atoms with Gasteiger partial charge < -0.3 is 19.9 Å². The number of alkyl carbamates (subject to hydrolysis) is 1. The number of nitrogens with zero attached hydrogens (tertiary/aromatic N) is 2. The zero-order chi connectivity index (χ0) is 26.2. The summed E-state index contributed by atoms with van der Waals surface area (Å²) in [5.74, 6) is 0.696. The first kappa shape index (κ1) is 27.1. The molecule has 1 saturated heterocycles. The van der Waals surface area contributed by atoms with Crippen molar-refractivity contribution in [2.24, 2.45) is 11.8 Å². The van der Waals surface area contributed by atoms with Crippen LogP contribution in [0.15, 0.2) is 54.6 Å². The minimum absolute atomic E-state index is 0.0496. The summed E-state index contributed by atoms with van der Waals surface area (Å²) in [5, 5.41) is 3.15. The van der Waals surface area contributed by atoms with Crippen molar-refractivity contribution in [2.75, 3.05) is 26.7 Å². The van der Waals surface area contributed by atoms with E-state index in [4.69, 9.17) is 4.74 Å². The van der Waals surface area contributed by atoms with Crippen molar-refractivity contribution in [3.63, 3.8) is 0 Å². The molecule has 1 aliphatic heterocycles. The maximum atomic E-state index is 13.3. The van der Waals surface area contributed by atoms with E-state index in [1.165, 1.54) is 12.0 Å². The van der Waals surface area contributed by atoms with Gasteiger partial charge >= 0.3 is 6.09 Å². The van der Waals surface area contributed by atoms with E-state index in [9.17, 15) is 14.0 Å². The summed E-state index contributed by atoms with van der Waals surface area (Å²) >= 11 is 0. The van der Waals surface area contributed by atoms with E-state index in [-0.39, 0.29) is 30.4 Å². The van der Waals surface area contributed by atoms with Crippen molar-refractivity contribution in [3.05, 3.63) is 71.5 Å². The van der Waals surface area contributed by atoms with Gasteiger partial charge in [-0.25, -0.2) is 9.18 Å². The van der Waals surface area contributed by atoms with Gasteiger partial charge in [0.2, 0.25) is 5.91 Å². The van der Waals surface area contributed by atoms with Crippen LogP contribution >= 0.6 is 0 Å². The van der Waals surface area contributed by atoms with Crippen LogP contribution in [0.3, 0.4) is 0 Å². The Bertz CT molecular complexity index is 1020. The number of ether oxygens (including phenoxy) is 1. The van der Waals surface area contributed by atoms with Crippen LogP contribution in [0.2, 0.25) is 0 Å². The third-order valence-electron chi connectivity index (χ3n) is 8.06. The molecule has 4 atom stereocenters. The Balaban J connectivity index is 1.36. The maximum Gasteiger partial charge on any atom is 0.407 e. The highest BCUT2D eigenvalue weighted by Gasteiger charge is 2.36. The number of nitrogens with one attached hydrogen (secondary N) is 1. The summed E-state index contributed by atoms with van der Waals surface area (Å²) in [7, 11) is 1.85. The smallest absolute Gasteiger partial charge is 0.407 e. The third kappa shape index (κ3) is 8.03. The van der Waals surface area contributed by atoms with Gasteiger partial charge in [0.25, 0.3) is 0 Å². The minimum atomic E-state index is -0.405. The van der Waals surface area contributed by atoms with Gasteiger partial charge in [0.1, 0.15) is 12.4 Å². The van der Waals surface area contributed by atoms with E-state index in [0.717, 1.165) is 57.3 Å². The molecule has 1 saturated carbocycles. The normalized spacial score (nSPS) is 24.3. The topological polar surface area (TPSA) is 61.9 Å². The molecule has 2 amide bonds. The average Bonchev–Trinajstić information content (AvgIpc) is 2.90. The highest BCUT2D eigenvalue weighted by atomic mass is 19.1. The summed E-state index contributed by atoms with van der Waals surface area (Å²) in [6.45, 7) is 4.81. The fourth-order valence-electron chi connectivity index (χ4n) is 5.90. The molecule has 1 N–H and O–H groups in total. The molecule has 6 nitrogen and oxygen atoms in total. The van der Waals surface area contributed by atoms with Crippen LogP contribution in [0.4, 0.5) is 9.18 Å². The number of hydrogen-bond acceptors (Lipinski definition) is 4. The second kappa shape index (κ2) is 13.0. The lowest BCUT2D eigenvalue weighted by Crippen LogP contribution is -2.53. The molecular weight excluding hydrogens is 469 g/mol. The Morgan fingerprint density at radius 3 is 2.54 bits per heavy atom. The molecule has 2 aromatic rings. The quantitative estimate of drug-likeness (QED) is 0.543. The first-order valence-corrected chi connectivity index (χ1v) is 13.5. The van der Waals surface area contributed by atoms with Gasteiger partial charge in [0.05, 0.1) is 0 Å². The summed E-state index contributed by atoms with van der Waals surface area (Å²) in [5.41, 5.74) is 2.13. The van der Waals surface area contributed by atoms with Gasteiger partial charge in [-0.05, 0) is 80.2 Å². The number of likely N-dealkylation sites (tertiary alicyclic amines) is 1. The Morgan fingerprint density at radius 2 is 1.81 bits per heavy atom. The number of carbonyl (C=O) groups excluding carboxylic acids is 2. The molecule has 2 aromatic carbocycles. The van der Waals surface area contributed by atoms with Crippen LogP contribution in [0.5, 0.6) is 0 Å². The van der Waals surface area contributed by atoms with E-state index in [0.29, 0.717) is 11.8 Å². The Hall–Kier alpha value is -2.93. The Kier molecular flexibility index (Phi) is 9.56. The lowest BCUT2D eigenvalue weighted by atomic mass is 9.80. The van der Waals surface area contributed by atoms with Crippen LogP contribution in [-0.4, -0.2) is 60.6 Å². The number of carbonyl (C=O) groups is 2. The molecule has 4 rings (SSSR count). The highest BCUT2D eigenvalue weighted by molar-refractivity contribution is 5.73. The SMILES string of the molecule is CC(=O)N(C)[C@@H]1CC[C@@H](CN2CCCC(Cc3ccc(F)cc3)C2)[C@H](NC(=O)OCc2ccccc2)C1. The number of piperidine rings is 1. The van der Waals surface area contributed by atoms with Crippen molar-refractivity contribution in [1.29, 1.82) is 0 Å². The fourth-order valence-corrected chi connectivity index (χ4v) is 5.90. The van der Waals surface area contributed by atoms with Crippen molar-refractivity contribution < 1.29 is 18.7 Å². The standard InChI is InChI=1S/C30H40FN3O3/c1-22(35)33(2)28-15-12-26(29(18-28)32-30(36)37-21-24-7-4-3-5-8-24)20-34-16-6-9-25(19-34)17-23-10-13-27(31)14-11-23/h3-5,7-8,10-11,13-14,25-26,28-29H,6,9,12,15-21H2,1-2H3,(H,32,36)/t25?,26-,28+,29+/m0/s1. The first-order chi connectivity index (χ1) is 17.9. The Morgan fingerprint density at radius 1 is 1.05 bits per heavy atom. The minimum Gasteiger partial charge on any atom is -0.445 e. The van der Waals surface area contributed by atoms with E-state index < -0.39 is 6.09 Å². The average molecular weight is 510 g/mol. The van der Waals surface area contributed by atoms with Crippen molar-refractivity contribution in [3.8, 4) is 0 Å². The van der Waals surface area contributed by atoms with E-state index in [1.807, 2.05) is 49.5 Å². The number of halogens is 1. The predicted molar refractivity (Wildman–Crippen MR) is 142 cm³/mol. The van der Waals surface area contributed by atoms with Crippen LogP contribution in [0.1, 0.15) is 50.2 Å². The predicted octanol–water partition coefficient (Wildman–Crippen LogP) is 5.02. The van der Waals surface area contributed by atoms with Crippen molar-refractivity contribution in [1.82, 2.24) is 15.1 Å². The highest BCUT2D eigenvalue weighted by Crippen LogP contribution is 2.30. The number of benzene rings is 2. The van der Waals surface area contributed by atoms with Gasteiger partial charge in [-0.3, -0.25) is 4.79 Å². The molecular formula is C30H40FN3O3. The zero-order valence-electron chi connectivity index (χ0n) is 22.1. The Labute approximate surface area is 220 Å². The van der Waals surface area contributed by atoms with Crippen molar-refractivity contribution in [2.45, 2.75) is 64.1 Å². The molecule has 0 aromatic heterocycles. The molecule has 37 heavy (non-hydrogen) atoms. The van der Waals surface area contributed by atoms with Gasteiger partial charge in [-0.15, -0.1) is 0 Å². The molecule has 2 aliphatic rings. The molecule has 1 aliphatic carbocycles. The van der Waals surface area contributed by atoms with Crippen LogP contribution in [-0.2, 0) is 22.6 Å². The summed E-state index contributed by atoms with van der Waals surface area (Å²) in [6.07, 6.45) is 5.49. The zero-order valence-corrected chi connectivity index (χ0v) is 22.1. The molecule has 2 fully saturated rings. The lowest BCUT2D eigenvalue weighted by Gasteiger charge is -2.43. The first-order valence-electron chi connectivity index (χ1n) is 13.5. The van der Waals surface area contributed by atoms with Gasteiger partial charge in [-0.2, -0.15) is 0 Å². The second-order valence-corrected chi connectivity index (χ2v) is 10.8. The van der Waals surface area contributed by atoms with E-state index in [2.05, 4.69) is 10.2 Å². The number of hydrogen-bond donors (Lipinski definition) is 1. The van der Waals surface area contributed by atoms with E-state index >= 15 is 0 Å². The van der Waals surface area contributed by atoms with E-state index in [1.54, 1.807) is 24.0 Å². The summed E-state index contributed by atoms with van der Waals surface area (Å²) < 4.78 is 18.8. The summed E-state index contributed by atoms with van der Waals surface area (Å²) in [6, 6.07) is 16.6. The molecule has 0 spiro atoms. The molecule has 200 valence electrons. The monoisotopic (exact) mass is 509 g/mol. The van der Waals surface area contributed by atoms with Gasteiger partial charge in [0, 0.05) is 39.1 Å². The molecule has 0 bridgehead atoms. The van der Waals surface area contributed by atoms with Crippen LogP contribution in [0.25, 0.3) is 0 Å². The van der Waals surface area contributed by atoms with Gasteiger partial charge in [-0.1, -0.05) is 42.5 Å². The molecule has 7 heteroatoms. The summed E-state index contributed by atoms with van der Waals surface area (Å²) in [4.78, 5) is 29.1. The molecule has 1 unspecified atom stereocenters. The largest absolute Gasteiger partial charge is 0.445 e.